The Bertz CT molecular complexity index is 1160. The number of nitrogens with zero attached hydrogens (tertiary/aromatic N) is 4. The van der Waals surface area contributed by atoms with Crippen molar-refractivity contribution in [3.8, 4) is 22.7 Å². The molecule has 0 unspecified atom stereocenters. The largest absolute Gasteiger partial charge is 0.492 e. The van der Waals surface area contributed by atoms with Crippen LogP contribution in [0.4, 0.5) is 0 Å². The number of hydrogen-bond acceptors (Lipinski definition) is 4. The van der Waals surface area contributed by atoms with E-state index >= 15 is 0 Å². The first kappa shape index (κ1) is 20.6. The van der Waals surface area contributed by atoms with Crippen molar-refractivity contribution >= 4 is 17.5 Å². The molecule has 31 heavy (non-hydrogen) atoms. The minimum atomic E-state index is -0.143. The van der Waals surface area contributed by atoms with Gasteiger partial charge in [0.05, 0.1) is 17.8 Å². The molecular formula is C24H21ClN4O2. The van der Waals surface area contributed by atoms with Crippen molar-refractivity contribution < 1.29 is 9.53 Å². The summed E-state index contributed by atoms with van der Waals surface area (Å²) in [7, 11) is 1.75. The molecule has 0 bridgehead atoms. The van der Waals surface area contributed by atoms with Crippen molar-refractivity contribution in [2.75, 3.05) is 20.2 Å². The lowest BCUT2D eigenvalue weighted by Gasteiger charge is -2.17. The number of halogens is 1. The Morgan fingerprint density at radius 2 is 1.94 bits per heavy atom. The third-order valence-electron chi connectivity index (χ3n) is 4.74. The van der Waals surface area contributed by atoms with Gasteiger partial charge in [-0.05, 0) is 42.5 Å². The minimum Gasteiger partial charge on any atom is -0.492 e. The number of aromatic nitrogens is 3. The fourth-order valence-corrected chi connectivity index (χ4v) is 3.30. The average molecular weight is 433 g/mol. The van der Waals surface area contributed by atoms with Gasteiger partial charge >= 0.3 is 0 Å². The van der Waals surface area contributed by atoms with Gasteiger partial charge in [0.1, 0.15) is 18.1 Å². The third kappa shape index (κ3) is 4.92. The first-order chi connectivity index (χ1) is 15.1. The molecule has 0 spiro atoms. The summed E-state index contributed by atoms with van der Waals surface area (Å²) in [5.74, 6) is 0.525. The molecule has 0 aliphatic heterocycles. The van der Waals surface area contributed by atoms with Crippen LogP contribution in [0.15, 0.2) is 85.3 Å². The molecule has 1 amide bonds. The summed E-state index contributed by atoms with van der Waals surface area (Å²) in [5, 5.41) is 5.28. The SMILES string of the molecule is CN(CCOc1cccc(Cl)c1)C(=O)c1cn(-c2ccccc2)nc1-c1cccnc1. The molecule has 0 radical (unpaired) electrons. The Labute approximate surface area is 185 Å². The van der Waals surface area contributed by atoms with Crippen LogP contribution in [0, 0.1) is 0 Å². The summed E-state index contributed by atoms with van der Waals surface area (Å²) in [4.78, 5) is 19.1. The molecule has 0 saturated heterocycles. The number of benzene rings is 2. The van der Waals surface area contributed by atoms with Gasteiger partial charge in [-0.1, -0.05) is 35.9 Å². The number of ether oxygens (including phenoxy) is 1. The highest BCUT2D eigenvalue weighted by atomic mass is 35.5. The summed E-state index contributed by atoms with van der Waals surface area (Å²) in [6.07, 6.45) is 5.16. The van der Waals surface area contributed by atoms with E-state index in [-0.39, 0.29) is 5.91 Å². The Kier molecular flexibility index (Phi) is 6.29. The number of pyridine rings is 1. The minimum absolute atomic E-state index is 0.143. The second kappa shape index (κ2) is 9.45. The van der Waals surface area contributed by atoms with Crippen LogP contribution in [-0.4, -0.2) is 45.8 Å². The van der Waals surface area contributed by atoms with Gasteiger partial charge in [-0.15, -0.1) is 0 Å². The smallest absolute Gasteiger partial charge is 0.257 e. The predicted octanol–water partition coefficient (Wildman–Crippen LogP) is 4.74. The molecule has 0 fully saturated rings. The molecule has 7 heteroatoms. The Hall–Kier alpha value is -3.64. The van der Waals surface area contributed by atoms with Crippen LogP contribution >= 0.6 is 11.6 Å². The molecule has 156 valence electrons. The number of likely N-dealkylation sites (N-methyl/N-ethyl adjacent to an activating group) is 1. The van der Waals surface area contributed by atoms with Crippen molar-refractivity contribution in [3.63, 3.8) is 0 Å². The second-order valence-electron chi connectivity index (χ2n) is 6.95. The zero-order chi connectivity index (χ0) is 21.6. The van der Waals surface area contributed by atoms with E-state index in [1.165, 1.54) is 0 Å². The lowest BCUT2D eigenvalue weighted by Crippen LogP contribution is -2.31. The summed E-state index contributed by atoms with van der Waals surface area (Å²) >= 11 is 5.99. The number of carbonyl (C=O) groups is 1. The van der Waals surface area contributed by atoms with Gasteiger partial charge in [0, 0.05) is 36.2 Å². The van der Waals surface area contributed by atoms with Gasteiger partial charge in [-0.2, -0.15) is 5.10 Å². The van der Waals surface area contributed by atoms with Crippen LogP contribution < -0.4 is 4.74 Å². The summed E-state index contributed by atoms with van der Waals surface area (Å²) in [6, 6.07) is 20.6. The van der Waals surface area contributed by atoms with Crippen LogP contribution in [-0.2, 0) is 0 Å². The van der Waals surface area contributed by atoms with Crippen molar-refractivity contribution in [1.82, 2.24) is 19.7 Å². The first-order valence-corrected chi connectivity index (χ1v) is 10.2. The normalized spacial score (nSPS) is 10.6. The van der Waals surface area contributed by atoms with Gasteiger partial charge < -0.3 is 9.64 Å². The summed E-state index contributed by atoms with van der Waals surface area (Å²) in [6.45, 7) is 0.756. The van der Waals surface area contributed by atoms with E-state index in [1.807, 2.05) is 54.6 Å². The number of hydrogen-bond donors (Lipinski definition) is 0. The van der Waals surface area contributed by atoms with E-state index in [9.17, 15) is 4.79 Å². The fourth-order valence-electron chi connectivity index (χ4n) is 3.12. The monoisotopic (exact) mass is 432 g/mol. The Morgan fingerprint density at radius 3 is 2.68 bits per heavy atom. The molecule has 0 aliphatic rings. The van der Waals surface area contributed by atoms with Crippen molar-refractivity contribution in [1.29, 1.82) is 0 Å². The Morgan fingerprint density at radius 1 is 1.10 bits per heavy atom. The predicted molar refractivity (Wildman–Crippen MR) is 121 cm³/mol. The maximum Gasteiger partial charge on any atom is 0.257 e. The van der Waals surface area contributed by atoms with E-state index < -0.39 is 0 Å². The lowest BCUT2D eigenvalue weighted by molar-refractivity contribution is 0.0774. The number of amides is 1. The highest BCUT2D eigenvalue weighted by Gasteiger charge is 2.21. The number of rotatable bonds is 7. The first-order valence-electron chi connectivity index (χ1n) is 9.81. The van der Waals surface area contributed by atoms with Gasteiger partial charge in [0.25, 0.3) is 5.91 Å². The molecule has 4 rings (SSSR count). The molecule has 2 aromatic carbocycles. The van der Waals surface area contributed by atoms with E-state index in [4.69, 9.17) is 16.3 Å². The van der Waals surface area contributed by atoms with Gasteiger partial charge in [0.15, 0.2) is 0 Å². The fraction of sp³-hybridized carbons (Fsp3) is 0.125. The van der Waals surface area contributed by atoms with Crippen LogP contribution in [0.2, 0.25) is 5.02 Å². The maximum atomic E-state index is 13.3. The van der Waals surface area contributed by atoms with Crippen LogP contribution in [0.25, 0.3) is 16.9 Å². The van der Waals surface area contributed by atoms with Gasteiger partial charge in [-0.25, -0.2) is 4.68 Å². The quantitative estimate of drug-likeness (QED) is 0.423. The van der Waals surface area contributed by atoms with Crippen molar-refractivity contribution in [2.24, 2.45) is 0 Å². The van der Waals surface area contributed by atoms with Crippen LogP contribution in [0.1, 0.15) is 10.4 Å². The van der Waals surface area contributed by atoms with Gasteiger partial charge in [-0.3, -0.25) is 9.78 Å². The molecule has 4 aromatic rings. The highest BCUT2D eigenvalue weighted by Crippen LogP contribution is 2.24. The standard InChI is InChI=1S/C24H21ClN4O2/c1-28(13-14-31-21-11-5-8-19(25)15-21)24(30)22-17-29(20-9-3-2-4-10-20)27-23(22)18-7-6-12-26-16-18/h2-12,15-17H,13-14H2,1H3. The molecule has 2 heterocycles. The molecule has 0 N–H and O–H groups in total. The third-order valence-corrected chi connectivity index (χ3v) is 4.97. The Balaban J connectivity index is 1.55. The molecule has 0 aliphatic carbocycles. The zero-order valence-electron chi connectivity index (χ0n) is 17.0. The van der Waals surface area contributed by atoms with E-state index in [0.717, 1.165) is 11.3 Å². The highest BCUT2D eigenvalue weighted by molar-refractivity contribution is 6.30. The number of carbonyl (C=O) groups excluding carboxylic acids is 1. The molecule has 6 nitrogen and oxygen atoms in total. The average Bonchev–Trinajstić information content (AvgIpc) is 3.25. The number of para-hydroxylation sites is 1. The topological polar surface area (TPSA) is 60.2 Å². The molecular weight excluding hydrogens is 412 g/mol. The summed E-state index contributed by atoms with van der Waals surface area (Å²) < 4.78 is 7.44. The maximum absolute atomic E-state index is 13.3. The van der Waals surface area contributed by atoms with E-state index in [2.05, 4.69) is 10.1 Å². The molecule has 0 saturated carbocycles. The van der Waals surface area contributed by atoms with E-state index in [1.54, 1.807) is 47.4 Å². The van der Waals surface area contributed by atoms with Crippen LogP contribution in [0.3, 0.4) is 0 Å². The zero-order valence-corrected chi connectivity index (χ0v) is 17.7. The molecule has 2 aromatic heterocycles. The second-order valence-corrected chi connectivity index (χ2v) is 7.38. The van der Waals surface area contributed by atoms with Crippen molar-refractivity contribution in [2.45, 2.75) is 0 Å². The van der Waals surface area contributed by atoms with Gasteiger partial charge in [0.2, 0.25) is 0 Å². The molecule has 0 atom stereocenters. The lowest BCUT2D eigenvalue weighted by atomic mass is 10.1. The van der Waals surface area contributed by atoms with Crippen LogP contribution in [0.5, 0.6) is 5.75 Å². The van der Waals surface area contributed by atoms with Crippen molar-refractivity contribution in [3.05, 3.63) is 95.9 Å². The van der Waals surface area contributed by atoms with E-state index in [0.29, 0.717) is 35.2 Å². The summed E-state index contributed by atoms with van der Waals surface area (Å²) in [5.41, 5.74) is 2.74.